The number of rotatable bonds is 5. The van der Waals surface area contributed by atoms with Gasteiger partial charge in [0.25, 0.3) is 5.91 Å². The predicted molar refractivity (Wildman–Crippen MR) is 76.9 cm³/mol. The van der Waals surface area contributed by atoms with E-state index in [4.69, 9.17) is 9.84 Å². The Labute approximate surface area is 121 Å². The van der Waals surface area contributed by atoms with Crippen LogP contribution in [0.3, 0.4) is 0 Å². The van der Waals surface area contributed by atoms with E-state index >= 15 is 0 Å². The molecule has 6 heteroatoms. The summed E-state index contributed by atoms with van der Waals surface area (Å²) in [4.78, 5) is 23.8. The first-order chi connectivity index (χ1) is 9.56. The Hall–Kier alpha value is -1.66. The summed E-state index contributed by atoms with van der Waals surface area (Å²) in [6, 6.07) is 3.41. The van der Waals surface area contributed by atoms with Crippen LogP contribution < -0.4 is 5.32 Å². The number of nitrogens with one attached hydrogen (secondary N) is 1. The second-order valence-corrected chi connectivity index (χ2v) is 5.80. The Balaban J connectivity index is 1.93. The van der Waals surface area contributed by atoms with Crippen molar-refractivity contribution in [3.8, 4) is 0 Å². The molecule has 1 fully saturated rings. The first-order valence-corrected chi connectivity index (χ1v) is 7.31. The number of carboxylic acids is 1. The van der Waals surface area contributed by atoms with Gasteiger partial charge in [-0.3, -0.25) is 4.79 Å². The minimum absolute atomic E-state index is 0.0230. The van der Waals surface area contributed by atoms with Crippen LogP contribution >= 0.6 is 11.3 Å². The predicted octanol–water partition coefficient (Wildman–Crippen LogP) is 2.14. The zero-order valence-corrected chi connectivity index (χ0v) is 12.0. The summed E-state index contributed by atoms with van der Waals surface area (Å²) in [5.41, 5.74) is 0. The average molecular weight is 295 g/mol. The van der Waals surface area contributed by atoms with Gasteiger partial charge < -0.3 is 15.2 Å². The molecule has 2 atom stereocenters. The van der Waals surface area contributed by atoms with Gasteiger partial charge in [0, 0.05) is 17.6 Å². The fraction of sp³-hybridized carbons (Fsp3) is 0.429. The molecule has 2 heterocycles. The third-order valence-corrected chi connectivity index (χ3v) is 4.17. The Morgan fingerprint density at radius 3 is 3.00 bits per heavy atom. The summed E-state index contributed by atoms with van der Waals surface area (Å²) < 4.78 is 5.53. The Bertz CT molecular complexity index is 517. The molecule has 0 radical (unpaired) electrons. The maximum absolute atomic E-state index is 12.1. The molecule has 1 saturated heterocycles. The molecule has 1 aliphatic heterocycles. The Kier molecular flexibility index (Phi) is 4.92. The molecule has 0 spiro atoms. The van der Waals surface area contributed by atoms with Crippen molar-refractivity contribution in [2.75, 3.05) is 6.61 Å². The van der Waals surface area contributed by atoms with Crippen LogP contribution in [0.5, 0.6) is 0 Å². The lowest BCUT2D eigenvalue weighted by Crippen LogP contribution is -2.40. The van der Waals surface area contributed by atoms with Crippen molar-refractivity contribution in [3.63, 3.8) is 0 Å². The summed E-state index contributed by atoms with van der Waals surface area (Å²) in [5, 5.41) is 11.5. The topological polar surface area (TPSA) is 75.6 Å². The third kappa shape index (κ3) is 3.91. The molecule has 20 heavy (non-hydrogen) atoms. The normalized spacial score (nSPS) is 20.1. The number of aliphatic carboxylic acids is 1. The molecule has 1 amide bonds. The van der Waals surface area contributed by atoms with E-state index in [0.717, 1.165) is 30.4 Å². The highest BCUT2D eigenvalue weighted by Crippen LogP contribution is 2.19. The molecule has 108 valence electrons. The quantitative estimate of drug-likeness (QED) is 0.816. The zero-order valence-electron chi connectivity index (χ0n) is 11.2. The van der Waals surface area contributed by atoms with Crippen LogP contribution in [-0.4, -0.2) is 35.7 Å². The number of carboxylic acid groups (broad SMARTS) is 1. The van der Waals surface area contributed by atoms with Crippen molar-refractivity contribution in [2.24, 2.45) is 0 Å². The highest BCUT2D eigenvalue weighted by atomic mass is 32.1. The van der Waals surface area contributed by atoms with Crippen LogP contribution in [0.1, 0.15) is 34.3 Å². The maximum atomic E-state index is 12.1. The number of amides is 1. The average Bonchev–Trinajstić information content (AvgIpc) is 3.07. The molecule has 2 rings (SSSR count). The van der Waals surface area contributed by atoms with Crippen LogP contribution in [0.4, 0.5) is 0 Å². The van der Waals surface area contributed by atoms with Crippen molar-refractivity contribution in [2.45, 2.75) is 31.9 Å². The fourth-order valence-corrected chi connectivity index (χ4v) is 2.90. The van der Waals surface area contributed by atoms with Gasteiger partial charge in [-0.25, -0.2) is 4.79 Å². The smallest absolute Gasteiger partial charge is 0.328 e. The van der Waals surface area contributed by atoms with Gasteiger partial charge in [-0.05, 0) is 38.0 Å². The van der Waals surface area contributed by atoms with Gasteiger partial charge in [0.1, 0.15) is 0 Å². The van der Waals surface area contributed by atoms with Crippen molar-refractivity contribution < 1.29 is 19.4 Å². The van der Waals surface area contributed by atoms with Gasteiger partial charge in [-0.15, -0.1) is 11.3 Å². The van der Waals surface area contributed by atoms with Gasteiger partial charge >= 0.3 is 5.97 Å². The van der Waals surface area contributed by atoms with Gasteiger partial charge in [-0.1, -0.05) is 0 Å². The fourth-order valence-electron chi connectivity index (χ4n) is 2.09. The van der Waals surface area contributed by atoms with Crippen LogP contribution in [0, 0.1) is 0 Å². The molecule has 0 bridgehead atoms. The molecule has 2 N–H and O–H groups in total. The van der Waals surface area contributed by atoms with E-state index in [-0.39, 0.29) is 18.1 Å². The Morgan fingerprint density at radius 1 is 1.55 bits per heavy atom. The molecule has 0 saturated carbocycles. The summed E-state index contributed by atoms with van der Waals surface area (Å²) in [7, 11) is 0. The highest BCUT2D eigenvalue weighted by molar-refractivity contribution is 7.14. The largest absolute Gasteiger partial charge is 0.478 e. The van der Waals surface area contributed by atoms with Crippen molar-refractivity contribution in [3.05, 3.63) is 28.0 Å². The number of carbonyl (C=O) groups is 2. The van der Waals surface area contributed by atoms with Crippen molar-refractivity contribution >= 4 is 29.3 Å². The molecule has 1 aliphatic rings. The zero-order chi connectivity index (χ0) is 14.5. The van der Waals surface area contributed by atoms with Crippen LogP contribution in [0.15, 0.2) is 18.2 Å². The number of ether oxygens (including phenoxy) is 1. The monoisotopic (exact) mass is 295 g/mol. The van der Waals surface area contributed by atoms with Gasteiger partial charge in [-0.2, -0.15) is 0 Å². The molecule has 1 aromatic rings. The summed E-state index contributed by atoms with van der Waals surface area (Å²) >= 11 is 1.26. The minimum atomic E-state index is -1.00. The van der Waals surface area contributed by atoms with Crippen molar-refractivity contribution in [1.29, 1.82) is 0 Å². The van der Waals surface area contributed by atoms with E-state index in [1.165, 1.54) is 17.4 Å². The SMILES string of the molecule is CC(NC(=O)c1ccc(C=CC(=O)O)s1)C1CCCO1. The lowest BCUT2D eigenvalue weighted by Gasteiger charge is -2.19. The standard InChI is InChI=1S/C14H17NO4S/c1-9(11-3-2-8-19-11)15-14(18)12-6-4-10(20-12)5-7-13(16)17/h4-7,9,11H,2-3,8H2,1H3,(H,15,18)(H,16,17). The van der Waals surface area contributed by atoms with Crippen LogP contribution in [0.2, 0.25) is 0 Å². The number of thiophene rings is 1. The Morgan fingerprint density at radius 2 is 2.35 bits per heavy atom. The summed E-state index contributed by atoms with van der Waals surface area (Å²) in [6.07, 6.45) is 4.63. The molecular weight excluding hydrogens is 278 g/mol. The first kappa shape index (κ1) is 14.7. The molecule has 1 aromatic heterocycles. The summed E-state index contributed by atoms with van der Waals surface area (Å²) in [6.45, 7) is 2.70. The van der Waals surface area contributed by atoms with E-state index in [1.54, 1.807) is 12.1 Å². The lowest BCUT2D eigenvalue weighted by atomic mass is 10.1. The third-order valence-electron chi connectivity index (χ3n) is 3.12. The number of hydrogen-bond acceptors (Lipinski definition) is 4. The van der Waals surface area contributed by atoms with Crippen LogP contribution in [-0.2, 0) is 9.53 Å². The molecule has 2 unspecified atom stereocenters. The van der Waals surface area contributed by atoms with Gasteiger partial charge in [0.05, 0.1) is 17.0 Å². The summed E-state index contributed by atoms with van der Waals surface area (Å²) in [5.74, 6) is -1.15. The van der Waals surface area contributed by atoms with E-state index in [1.807, 2.05) is 6.92 Å². The highest BCUT2D eigenvalue weighted by Gasteiger charge is 2.24. The van der Waals surface area contributed by atoms with E-state index < -0.39 is 5.97 Å². The van der Waals surface area contributed by atoms with Crippen LogP contribution in [0.25, 0.3) is 6.08 Å². The second-order valence-electron chi connectivity index (χ2n) is 4.69. The van der Waals surface area contributed by atoms with Crippen molar-refractivity contribution in [1.82, 2.24) is 5.32 Å². The van der Waals surface area contributed by atoms with Gasteiger partial charge in [0.2, 0.25) is 0 Å². The maximum Gasteiger partial charge on any atom is 0.328 e. The van der Waals surface area contributed by atoms with E-state index in [9.17, 15) is 9.59 Å². The minimum Gasteiger partial charge on any atom is -0.478 e. The van der Waals surface area contributed by atoms with E-state index in [0.29, 0.717) is 4.88 Å². The molecule has 0 aliphatic carbocycles. The molecular formula is C14H17NO4S. The number of carbonyl (C=O) groups excluding carboxylic acids is 1. The van der Waals surface area contributed by atoms with E-state index in [2.05, 4.69) is 5.32 Å². The number of hydrogen-bond donors (Lipinski definition) is 2. The lowest BCUT2D eigenvalue weighted by molar-refractivity contribution is -0.131. The van der Waals surface area contributed by atoms with Gasteiger partial charge in [0.15, 0.2) is 0 Å². The molecule has 5 nitrogen and oxygen atoms in total. The molecule has 0 aromatic carbocycles. The second kappa shape index (κ2) is 6.67. The first-order valence-electron chi connectivity index (χ1n) is 6.49.